The first-order valence-corrected chi connectivity index (χ1v) is 12.3. The van der Waals surface area contributed by atoms with Crippen LogP contribution in [0.25, 0.3) is 0 Å². The molecule has 0 aromatic heterocycles. The number of halogens is 1. The lowest BCUT2D eigenvalue weighted by molar-refractivity contribution is -0.124. The van der Waals surface area contributed by atoms with Crippen LogP contribution in [0.5, 0.6) is 5.75 Å². The minimum Gasteiger partial charge on any atom is -0.506 e. The number of nitrogens with zero attached hydrogens (tertiary/aromatic N) is 2. The van der Waals surface area contributed by atoms with Gasteiger partial charge in [-0.3, -0.25) is 15.3 Å². The van der Waals surface area contributed by atoms with Gasteiger partial charge in [0.2, 0.25) is 6.23 Å². The maximum atomic E-state index is 14.6. The van der Waals surface area contributed by atoms with Gasteiger partial charge in [-0.15, -0.1) is 0 Å². The number of aromatic hydroxyl groups is 1. The van der Waals surface area contributed by atoms with E-state index in [4.69, 9.17) is 10.5 Å². The highest BCUT2D eigenvalue weighted by molar-refractivity contribution is 7.92. The third-order valence-corrected chi connectivity index (χ3v) is 7.85. The summed E-state index contributed by atoms with van der Waals surface area (Å²) in [5.74, 6) is -3.92. The Labute approximate surface area is 195 Å². The van der Waals surface area contributed by atoms with E-state index in [0.29, 0.717) is 17.4 Å². The van der Waals surface area contributed by atoms with E-state index in [9.17, 15) is 32.3 Å². The number of nitrogens with two attached hydrogens (primary N) is 1. The SMILES string of the molecule is NC(OC(=O)N1CCC2(CCCCC2)C1)C(=O)Nc1cc(O)c(N2CC(=O)NS2(=O)=O)c(F)c1. The Kier molecular flexibility index (Phi) is 6.29. The molecule has 34 heavy (non-hydrogen) atoms. The lowest BCUT2D eigenvalue weighted by Gasteiger charge is -2.33. The first kappa shape index (κ1) is 24.0. The number of benzene rings is 1. The molecule has 1 aromatic rings. The van der Waals surface area contributed by atoms with E-state index in [-0.39, 0.29) is 11.1 Å². The Morgan fingerprint density at radius 2 is 1.94 bits per heavy atom. The lowest BCUT2D eigenvalue weighted by Crippen LogP contribution is -2.43. The average molecular weight is 500 g/mol. The van der Waals surface area contributed by atoms with Crippen LogP contribution < -0.4 is 20.1 Å². The molecule has 3 amide bonds. The highest BCUT2D eigenvalue weighted by Crippen LogP contribution is 2.43. The zero-order valence-corrected chi connectivity index (χ0v) is 19.1. The molecule has 2 saturated heterocycles. The molecule has 2 aliphatic heterocycles. The zero-order valence-electron chi connectivity index (χ0n) is 18.3. The Morgan fingerprint density at radius 3 is 2.56 bits per heavy atom. The van der Waals surface area contributed by atoms with Crippen LogP contribution in [0.2, 0.25) is 0 Å². The Hall–Kier alpha value is -3.13. The van der Waals surface area contributed by atoms with E-state index in [1.54, 1.807) is 4.72 Å². The number of carbonyl (C=O) groups excluding carboxylic acids is 3. The zero-order chi connectivity index (χ0) is 24.7. The third-order valence-electron chi connectivity index (χ3n) is 6.48. The summed E-state index contributed by atoms with van der Waals surface area (Å²) in [5, 5.41) is 12.4. The summed E-state index contributed by atoms with van der Waals surface area (Å²) in [5.41, 5.74) is 4.78. The standard InChI is InChI=1S/C20H26FN5O7S/c21-13-8-12(9-14(27)16(13)26-10-15(28)24-34(26,31)32)23-18(29)17(22)33-19(30)25-7-6-20(11-25)4-2-1-3-5-20/h8-9,17,27H,1-7,10-11,22H2,(H,23,29)(H,24,28). The smallest absolute Gasteiger partial charge is 0.411 e. The van der Waals surface area contributed by atoms with Crippen molar-refractivity contribution in [1.29, 1.82) is 0 Å². The van der Waals surface area contributed by atoms with E-state index in [1.165, 1.54) is 11.3 Å². The van der Waals surface area contributed by atoms with Crippen molar-refractivity contribution in [3.63, 3.8) is 0 Å². The molecule has 12 nitrogen and oxygen atoms in total. The van der Waals surface area contributed by atoms with Crippen molar-refractivity contribution in [2.75, 3.05) is 29.3 Å². The van der Waals surface area contributed by atoms with E-state index in [2.05, 4.69) is 5.32 Å². The lowest BCUT2D eigenvalue weighted by atomic mass is 9.74. The number of nitrogens with one attached hydrogen (secondary N) is 2. The molecule has 186 valence electrons. The molecule has 2 heterocycles. The second kappa shape index (κ2) is 8.91. The molecule has 1 aromatic carbocycles. The molecular formula is C20H26FN5O7S. The first-order chi connectivity index (χ1) is 16.0. The number of hydrogen-bond acceptors (Lipinski definition) is 8. The third kappa shape index (κ3) is 4.73. The Morgan fingerprint density at radius 1 is 1.24 bits per heavy atom. The van der Waals surface area contributed by atoms with Crippen LogP contribution in [0.15, 0.2) is 12.1 Å². The molecule has 1 unspecified atom stereocenters. The van der Waals surface area contributed by atoms with E-state index >= 15 is 0 Å². The predicted octanol–water partition coefficient (Wildman–Crippen LogP) is 0.728. The highest BCUT2D eigenvalue weighted by atomic mass is 32.2. The molecule has 1 atom stereocenters. The van der Waals surface area contributed by atoms with Crippen LogP contribution in [0.4, 0.5) is 20.6 Å². The molecule has 1 aliphatic carbocycles. The van der Waals surface area contributed by atoms with Crippen LogP contribution in [0, 0.1) is 11.2 Å². The number of hydrogen-bond donors (Lipinski definition) is 4. The number of amides is 3. The molecule has 0 bridgehead atoms. The molecule has 14 heteroatoms. The van der Waals surface area contributed by atoms with Crippen molar-refractivity contribution in [3.05, 3.63) is 17.9 Å². The van der Waals surface area contributed by atoms with E-state index < -0.39 is 58.1 Å². The quantitative estimate of drug-likeness (QED) is 0.439. The maximum absolute atomic E-state index is 14.6. The normalized spacial score (nSPS) is 21.9. The molecule has 4 rings (SSSR count). The predicted molar refractivity (Wildman–Crippen MR) is 117 cm³/mol. The fourth-order valence-electron chi connectivity index (χ4n) is 4.80. The number of phenolic OH excluding ortho intramolecular Hbond substituents is 1. The fraction of sp³-hybridized carbons (Fsp3) is 0.550. The van der Waals surface area contributed by atoms with Gasteiger partial charge in [0, 0.05) is 24.8 Å². The van der Waals surface area contributed by atoms with E-state index in [1.807, 2.05) is 0 Å². The summed E-state index contributed by atoms with van der Waals surface area (Å²) in [6.07, 6.45) is 4.02. The number of phenols is 1. The van der Waals surface area contributed by atoms with Crippen LogP contribution >= 0.6 is 0 Å². The summed E-state index contributed by atoms with van der Waals surface area (Å²) >= 11 is 0. The van der Waals surface area contributed by atoms with Gasteiger partial charge in [0.1, 0.15) is 18.0 Å². The molecule has 5 N–H and O–H groups in total. The number of rotatable bonds is 4. The topological polar surface area (TPSA) is 171 Å². The largest absolute Gasteiger partial charge is 0.506 e. The van der Waals surface area contributed by atoms with Crippen molar-refractivity contribution in [3.8, 4) is 5.75 Å². The van der Waals surface area contributed by atoms with Crippen molar-refractivity contribution >= 4 is 39.5 Å². The summed E-state index contributed by atoms with van der Waals surface area (Å²) < 4.78 is 45.5. The van der Waals surface area contributed by atoms with Crippen LogP contribution in [-0.2, 0) is 24.5 Å². The summed E-state index contributed by atoms with van der Waals surface area (Å²) in [6.45, 7) is 0.360. The van der Waals surface area contributed by atoms with Gasteiger partial charge in [-0.25, -0.2) is 18.2 Å². The number of anilines is 2. The number of carbonyl (C=O) groups is 3. The second-order valence-electron chi connectivity index (χ2n) is 8.89. The van der Waals surface area contributed by atoms with Crippen LogP contribution in [0.3, 0.4) is 0 Å². The van der Waals surface area contributed by atoms with E-state index in [0.717, 1.165) is 44.2 Å². The Bertz CT molecular complexity index is 1100. The van der Waals surface area contributed by atoms with Gasteiger partial charge in [-0.05, 0) is 30.7 Å². The first-order valence-electron chi connectivity index (χ1n) is 10.9. The monoisotopic (exact) mass is 499 g/mol. The van der Waals surface area contributed by atoms with Crippen molar-refractivity contribution in [1.82, 2.24) is 9.62 Å². The minimum absolute atomic E-state index is 0.101. The molecule has 0 radical (unpaired) electrons. The van der Waals surface area contributed by atoms with Gasteiger partial charge in [0.05, 0.1) is 0 Å². The Balaban J connectivity index is 1.38. The molecule has 1 saturated carbocycles. The second-order valence-corrected chi connectivity index (χ2v) is 10.5. The van der Waals surface area contributed by atoms with Gasteiger partial charge in [0.15, 0.2) is 5.82 Å². The molecule has 3 aliphatic rings. The number of ether oxygens (including phenoxy) is 1. The molecule has 1 spiro atoms. The van der Waals surface area contributed by atoms with Gasteiger partial charge >= 0.3 is 16.3 Å². The number of likely N-dealkylation sites (tertiary alicyclic amines) is 1. The van der Waals surface area contributed by atoms with Gasteiger partial charge in [-0.1, -0.05) is 19.3 Å². The fourth-order valence-corrected chi connectivity index (χ4v) is 5.97. The summed E-state index contributed by atoms with van der Waals surface area (Å²) in [6, 6.07) is 1.63. The maximum Gasteiger partial charge on any atom is 0.411 e. The van der Waals surface area contributed by atoms with Crippen LogP contribution in [-0.4, -0.2) is 62.2 Å². The molecule has 3 fully saturated rings. The van der Waals surface area contributed by atoms with Gasteiger partial charge < -0.3 is 20.1 Å². The van der Waals surface area contributed by atoms with Gasteiger partial charge in [0.25, 0.3) is 11.8 Å². The molecular weight excluding hydrogens is 473 g/mol. The van der Waals surface area contributed by atoms with Crippen molar-refractivity contribution in [2.45, 2.75) is 44.8 Å². The summed E-state index contributed by atoms with van der Waals surface area (Å²) in [7, 11) is -4.35. The highest BCUT2D eigenvalue weighted by Gasteiger charge is 2.42. The minimum atomic E-state index is -4.35. The van der Waals surface area contributed by atoms with Gasteiger partial charge in [-0.2, -0.15) is 8.42 Å². The summed E-state index contributed by atoms with van der Waals surface area (Å²) in [4.78, 5) is 37.7. The van der Waals surface area contributed by atoms with Crippen molar-refractivity contribution in [2.24, 2.45) is 11.1 Å². The van der Waals surface area contributed by atoms with Crippen LogP contribution in [0.1, 0.15) is 38.5 Å². The average Bonchev–Trinajstić information content (AvgIpc) is 3.27. The van der Waals surface area contributed by atoms with Crippen molar-refractivity contribution < 1.29 is 37.0 Å².